The van der Waals surface area contributed by atoms with Crippen LogP contribution in [0.2, 0.25) is 0 Å². The van der Waals surface area contributed by atoms with Gasteiger partial charge in [-0.1, -0.05) is 27.2 Å². The van der Waals surface area contributed by atoms with E-state index in [-0.39, 0.29) is 41.8 Å². The molecule has 0 bridgehead atoms. The zero-order valence-corrected chi connectivity index (χ0v) is 13.2. The van der Waals surface area contributed by atoms with Crippen molar-refractivity contribution < 1.29 is 22.8 Å². The van der Waals surface area contributed by atoms with Gasteiger partial charge in [-0.3, -0.25) is 9.59 Å². The largest absolute Gasteiger partial charge is 0.441 e. The van der Waals surface area contributed by atoms with Gasteiger partial charge in [-0.25, -0.2) is 0 Å². The van der Waals surface area contributed by atoms with Gasteiger partial charge in [0.05, 0.1) is 0 Å². The molecule has 1 saturated heterocycles. The summed E-state index contributed by atoms with van der Waals surface area (Å²) < 4.78 is 36.6. The van der Waals surface area contributed by atoms with Crippen LogP contribution in [0, 0.1) is 5.92 Å². The second kappa shape index (κ2) is 7.38. The number of alkyl halides is 3. The summed E-state index contributed by atoms with van der Waals surface area (Å²) in [4.78, 5) is 25.8. The third-order valence-corrected chi connectivity index (χ3v) is 4.44. The van der Waals surface area contributed by atoms with E-state index in [0.717, 1.165) is 0 Å². The summed E-state index contributed by atoms with van der Waals surface area (Å²) in [5.74, 6) is -0.860. The summed E-state index contributed by atoms with van der Waals surface area (Å²) in [5, 5.41) is 2.70. The number of thioether (sulfide) groups is 1. The normalized spacial score (nSPS) is 25.0. The van der Waals surface area contributed by atoms with Gasteiger partial charge in [-0.05, 0) is 24.1 Å². The summed E-state index contributed by atoms with van der Waals surface area (Å²) in [6.45, 7) is 5.42. The predicted octanol–water partition coefficient (Wildman–Crippen LogP) is 2.39. The summed E-state index contributed by atoms with van der Waals surface area (Å²) in [6.07, 6.45) is 1.10. The van der Waals surface area contributed by atoms with Crippen molar-refractivity contribution in [3.63, 3.8) is 0 Å². The van der Waals surface area contributed by atoms with Gasteiger partial charge in [0.1, 0.15) is 12.1 Å². The highest BCUT2D eigenvalue weighted by atomic mass is 32.2. The zero-order chi connectivity index (χ0) is 16.2. The molecule has 0 aromatic carbocycles. The molecule has 8 heteroatoms. The van der Waals surface area contributed by atoms with Crippen LogP contribution in [0.4, 0.5) is 13.2 Å². The maximum absolute atomic E-state index is 12.4. The first kappa shape index (κ1) is 18.1. The Bertz CT molecular complexity index is 390. The smallest absolute Gasteiger partial charge is 0.342 e. The second-order valence-electron chi connectivity index (χ2n) is 5.12. The minimum absolute atomic E-state index is 0.0444. The zero-order valence-electron chi connectivity index (χ0n) is 12.4. The van der Waals surface area contributed by atoms with Gasteiger partial charge < -0.3 is 10.2 Å². The molecular weight excluding hydrogens is 305 g/mol. The maximum atomic E-state index is 12.4. The quantitative estimate of drug-likeness (QED) is 0.815. The highest BCUT2D eigenvalue weighted by molar-refractivity contribution is 8.00. The molecule has 3 atom stereocenters. The molecule has 1 heterocycles. The standard InChI is InChI=1S/C13H21F3N2O2S/c1-4-8(3)10-12(20)18(6-7-21-13(14,15)16)9(5-2)11(19)17-10/h8-10H,4-7H2,1-3H3,(H,17,19). The molecule has 0 aromatic heterocycles. The Labute approximate surface area is 126 Å². The molecule has 1 N–H and O–H groups in total. The SMILES string of the molecule is CCC(C)C1NC(=O)C(CC)N(CCSC(F)(F)F)C1=O. The topological polar surface area (TPSA) is 49.4 Å². The van der Waals surface area contributed by atoms with E-state index in [1.54, 1.807) is 6.92 Å². The van der Waals surface area contributed by atoms with Gasteiger partial charge >= 0.3 is 5.51 Å². The van der Waals surface area contributed by atoms with Crippen molar-refractivity contribution in [1.29, 1.82) is 0 Å². The van der Waals surface area contributed by atoms with Crippen LogP contribution < -0.4 is 5.32 Å². The van der Waals surface area contributed by atoms with Crippen LogP contribution >= 0.6 is 11.8 Å². The van der Waals surface area contributed by atoms with Gasteiger partial charge in [-0.2, -0.15) is 13.2 Å². The van der Waals surface area contributed by atoms with Crippen LogP contribution in [0.5, 0.6) is 0 Å². The summed E-state index contributed by atoms with van der Waals surface area (Å²) in [5.41, 5.74) is -4.32. The van der Waals surface area contributed by atoms with Crippen molar-refractivity contribution in [3.8, 4) is 0 Å². The molecule has 1 fully saturated rings. The lowest BCUT2D eigenvalue weighted by molar-refractivity contribution is -0.150. The number of carbonyl (C=O) groups is 2. The molecule has 0 aromatic rings. The van der Waals surface area contributed by atoms with E-state index >= 15 is 0 Å². The van der Waals surface area contributed by atoms with Crippen LogP contribution in [0.1, 0.15) is 33.6 Å². The molecule has 1 aliphatic heterocycles. The number of piperazine rings is 1. The van der Waals surface area contributed by atoms with E-state index in [1.807, 2.05) is 13.8 Å². The second-order valence-corrected chi connectivity index (χ2v) is 6.28. The number of nitrogens with zero attached hydrogens (tertiary/aromatic N) is 1. The lowest BCUT2D eigenvalue weighted by Crippen LogP contribution is -2.65. The lowest BCUT2D eigenvalue weighted by Gasteiger charge is -2.40. The van der Waals surface area contributed by atoms with Crippen molar-refractivity contribution in [2.75, 3.05) is 12.3 Å². The van der Waals surface area contributed by atoms with Crippen LogP contribution in [-0.4, -0.2) is 46.6 Å². The predicted molar refractivity (Wildman–Crippen MR) is 75.7 cm³/mol. The van der Waals surface area contributed by atoms with Crippen LogP contribution in [0.3, 0.4) is 0 Å². The van der Waals surface area contributed by atoms with Gasteiger partial charge in [0.2, 0.25) is 11.8 Å². The monoisotopic (exact) mass is 326 g/mol. The van der Waals surface area contributed by atoms with Gasteiger partial charge in [0.25, 0.3) is 0 Å². The molecule has 1 aliphatic rings. The van der Waals surface area contributed by atoms with Gasteiger partial charge in [0, 0.05) is 12.3 Å². The summed E-state index contributed by atoms with van der Waals surface area (Å²) in [7, 11) is 0. The molecule has 1 rings (SSSR count). The average Bonchev–Trinajstić information content (AvgIpc) is 2.40. The van der Waals surface area contributed by atoms with E-state index in [9.17, 15) is 22.8 Å². The van der Waals surface area contributed by atoms with E-state index in [0.29, 0.717) is 12.8 Å². The first-order valence-electron chi connectivity index (χ1n) is 7.02. The van der Waals surface area contributed by atoms with Crippen LogP contribution in [0.25, 0.3) is 0 Å². The van der Waals surface area contributed by atoms with E-state index in [1.165, 1.54) is 4.90 Å². The number of halogens is 3. The Hall–Kier alpha value is -0.920. The number of nitrogens with one attached hydrogen (secondary N) is 1. The Morgan fingerprint density at radius 3 is 2.43 bits per heavy atom. The Kier molecular flexibility index (Phi) is 6.37. The fraction of sp³-hybridized carbons (Fsp3) is 0.846. The summed E-state index contributed by atoms with van der Waals surface area (Å²) in [6, 6.07) is -1.31. The number of amides is 2. The Morgan fingerprint density at radius 2 is 1.95 bits per heavy atom. The number of rotatable bonds is 6. The fourth-order valence-corrected chi connectivity index (χ4v) is 2.86. The number of hydrogen-bond donors (Lipinski definition) is 1. The molecule has 4 nitrogen and oxygen atoms in total. The van der Waals surface area contributed by atoms with Gasteiger partial charge in [0.15, 0.2) is 0 Å². The average molecular weight is 326 g/mol. The minimum Gasteiger partial charge on any atom is -0.342 e. The van der Waals surface area contributed by atoms with Crippen molar-refractivity contribution in [3.05, 3.63) is 0 Å². The highest BCUT2D eigenvalue weighted by Gasteiger charge is 2.41. The number of hydrogen-bond acceptors (Lipinski definition) is 3. The van der Waals surface area contributed by atoms with Crippen molar-refractivity contribution in [2.45, 2.75) is 51.2 Å². The fourth-order valence-electron chi connectivity index (χ4n) is 2.34. The summed E-state index contributed by atoms with van der Waals surface area (Å²) >= 11 is -0.167. The van der Waals surface area contributed by atoms with E-state index in [4.69, 9.17) is 0 Å². The molecule has 3 unspecified atom stereocenters. The third-order valence-electron chi connectivity index (χ3n) is 3.72. The Morgan fingerprint density at radius 1 is 1.33 bits per heavy atom. The molecule has 0 radical (unpaired) electrons. The van der Waals surface area contributed by atoms with Crippen LogP contribution in [0.15, 0.2) is 0 Å². The molecule has 0 spiro atoms. The molecule has 2 amide bonds. The lowest BCUT2D eigenvalue weighted by atomic mass is 9.93. The van der Waals surface area contributed by atoms with Crippen molar-refractivity contribution in [2.24, 2.45) is 5.92 Å². The van der Waals surface area contributed by atoms with Gasteiger partial charge in [-0.15, -0.1) is 0 Å². The van der Waals surface area contributed by atoms with E-state index in [2.05, 4.69) is 5.32 Å². The molecule has 0 saturated carbocycles. The van der Waals surface area contributed by atoms with E-state index < -0.39 is 17.6 Å². The number of carbonyl (C=O) groups excluding carboxylic acids is 2. The minimum atomic E-state index is -4.32. The highest BCUT2D eigenvalue weighted by Crippen LogP contribution is 2.30. The maximum Gasteiger partial charge on any atom is 0.441 e. The first-order chi connectivity index (χ1) is 9.71. The molecular formula is C13H21F3N2O2S. The third kappa shape index (κ3) is 4.79. The molecule has 0 aliphatic carbocycles. The molecule has 122 valence electrons. The van der Waals surface area contributed by atoms with Crippen LogP contribution in [-0.2, 0) is 9.59 Å². The first-order valence-corrected chi connectivity index (χ1v) is 8.01. The van der Waals surface area contributed by atoms with Crippen molar-refractivity contribution >= 4 is 23.6 Å². The molecule has 21 heavy (non-hydrogen) atoms. The van der Waals surface area contributed by atoms with Crippen molar-refractivity contribution in [1.82, 2.24) is 10.2 Å². The Balaban J connectivity index is 2.79.